The van der Waals surface area contributed by atoms with E-state index in [1.165, 1.54) is 6.33 Å². The molecular weight excluding hydrogens is 244 g/mol. The van der Waals surface area contributed by atoms with Gasteiger partial charge in [0.25, 0.3) is 0 Å². The second-order valence-corrected chi connectivity index (χ2v) is 4.17. The monoisotopic (exact) mass is 260 g/mol. The van der Waals surface area contributed by atoms with Crippen molar-refractivity contribution >= 4 is 11.6 Å². The Labute approximate surface area is 111 Å². The summed E-state index contributed by atoms with van der Waals surface area (Å²) in [5.74, 6) is -0.0851. The summed E-state index contributed by atoms with van der Waals surface area (Å²) in [6, 6.07) is 7.57. The molecule has 0 bridgehead atoms. The molecule has 0 radical (unpaired) electrons. The standard InChI is InChI=1S/C13H16N4O2/c18-7-1-2-13(19)16-12-5-3-11(4-6-12)8-17-10-14-9-15-17/h3-6,9-10,18H,1-2,7-8H2,(H,16,19). The Kier molecular flexibility index (Phi) is 4.63. The van der Waals surface area contributed by atoms with Crippen molar-refractivity contribution in [2.75, 3.05) is 11.9 Å². The van der Waals surface area contributed by atoms with E-state index < -0.39 is 0 Å². The smallest absolute Gasteiger partial charge is 0.224 e. The molecule has 0 spiro atoms. The molecule has 100 valence electrons. The Morgan fingerprint density at radius 1 is 1.32 bits per heavy atom. The van der Waals surface area contributed by atoms with Gasteiger partial charge in [-0.2, -0.15) is 5.10 Å². The molecule has 6 heteroatoms. The largest absolute Gasteiger partial charge is 0.396 e. The van der Waals surface area contributed by atoms with Crippen molar-refractivity contribution in [3.63, 3.8) is 0 Å². The highest BCUT2D eigenvalue weighted by Gasteiger charge is 2.02. The van der Waals surface area contributed by atoms with Crippen LogP contribution in [0.5, 0.6) is 0 Å². The van der Waals surface area contributed by atoms with Crippen molar-refractivity contribution in [3.8, 4) is 0 Å². The fourth-order valence-corrected chi connectivity index (χ4v) is 1.66. The van der Waals surface area contributed by atoms with Gasteiger partial charge in [-0.3, -0.25) is 4.79 Å². The summed E-state index contributed by atoms with van der Waals surface area (Å²) in [4.78, 5) is 15.3. The first-order chi connectivity index (χ1) is 9.28. The van der Waals surface area contributed by atoms with E-state index >= 15 is 0 Å². The fraction of sp³-hybridized carbons (Fsp3) is 0.308. The van der Waals surface area contributed by atoms with E-state index in [9.17, 15) is 4.79 Å². The van der Waals surface area contributed by atoms with Crippen LogP contribution in [0.1, 0.15) is 18.4 Å². The third-order valence-electron chi connectivity index (χ3n) is 2.61. The number of carbonyl (C=O) groups is 1. The zero-order chi connectivity index (χ0) is 13.5. The molecule has 2 rings (SSSR count). The van der Waals surface area contributed by atoms with Crippen LogP contribution in [0.15, 0.2) is 36.9 Å². The highest BCUT2D eigenvalue weighted by molar-refractivity contribution is 5.90. The van der Waals surface area contributed by atoms with Crippen molar-refractivity contribution in [1.82, 2.24) is 14.8 Å². The fourth-order valence-electron chi connectivity index (χ4n) is 1.66. The quantitative estimate of drug-likeness (QED) is 0.813. The van der Waals surface area contributed by atoms with Gasteiger partial charge < -0.3 is 10.4 Å². The van der Waals surface area contributed by atoms with Crippen LogP contribution in [0.4, 0.5) is 5.69 Å². The molecule has 0 fully saturated rings. The number of carbonyl (C=O) groups excluding carboxylic acids is 1. The lowest BCUT2D eigenvalue weighted by Crippen LogP contribution is -2.11. The lowest BCUT2D eigenvalue weighted by molar-refractivity contribution is -0.116. The highest BCUT2D eigenvalue weighted by Crippen LogP contribution is 2.11. The van der Waals surface area contributed by atoms with Gasteiger partial charge in [-0.25, -0.2) is 9.67 Å². The minimum Gasteiger partial charge on any atom is -0.396 e. The first-order valence-corrected chi connectivity index (χ1v) is 6.10. The zero-order valence-corrected chi connectivity index (χ0v) is 10.5. The van der Waals surface area contributed by atoms with E-state index in [2.05, 4.69) is 15.4 Å². The van der Waals surface area contributed by atoms with Crippen LogP contribution in [0.3, 0.4) is 0 Å². The number of hydrogen-bond donors (Lipinski definition) is 2. The molecular formula is C13H16N4O2. The summed E-state index contributed by atoms with van der Waals surface area (Å²) in [7, 11) is 0. The van der Waals surface area contributed by atoms with Crippen molar-refractivity contribution in [3.05, 3.63) is 42.5 Å². The number of aliphatic hydroxyl groups is 1. The van der Waals surface area contributed by atoms with Crippen LogP contribution in [0.2, 0.25) is 0 Å². The molecule has 1 aromatic carbocycles. The number of nitrogens with zero attached hydrogens (tertiary/aromatic N) is 3. The third kappa shape index (κ3) is 4.18. The Balaban J connectivity index is 1.89. The SMILES string of the molecule is O=C(CCCO)Nc1ccc(Cn2cncn2)cc1. The number of nitrogens with one attached hydrogen (secondary N) is 1. The van der Waals surface area contributed by atoms with Crippen molar-refractivity contribution in [1.29, 1.82) is 0 Å². The molecule has 19 heavy (non-hydrogen) atoms. The van der Waals surface area contributed by atoms with E-state index in [1.807, 2.05) is 24.3 Å². The second kappa shape index (κ2) is 6.65. The Morgan fingerprint density at radius 3 is 2.74 bits per heavy atom. The number of anilines is 1. The van der Waals surface area contributed by atoms with Crippen LogP contribution < -0.4 is 5.32 Å². The Bertz CT molecular complexity index is 508. The van der Waals surface area contributed by atoms with E-state index in [0.29, 0.717) is 19.4 Å². The van der Waals surface area contributed by atoms with Gasteiger partial charge in [-0.15, -0.1) is 0 Å². The molecule has 2 aromatic rings. The van der Waals surface area contributed by atoms with E-state index in [1.54, 1.807) is 11.0 Å². The van der Waals surface area contributed by atoms with Crippen LogP contribution in [-0.4, -0.2) is 32.4 Å². The van der Waals surface area contributed by atoms with Gasteiger partial charge in [0.05, 0.1) is 6.54 Å². The van der Waals surface area contributed by atoms with Crippen LogP contribution in [0, 0.1) is 0 Å². The maximum Gasteiger partial charge on any atom is 0.224 e. The molecule has 0 saturated heterocycles. The molecule has 6 nitrogen and oxygen atoms in total. The molecule has 0 saturated carbocycles. The molecule has 1 heterocycles. The maximum atomic E-state index is 11.5. The van der Waals surface area contributed by atoms with Crippen molar-refractivity contribution in [2.24, 2.45) is 0 Å². The number of hydrogen-bond acceptors (Lipinski definition) is 4. The van der Waals surface area contributed by atoms with Crippen LogP contribution >= 0.6 is 0 Å². The molecule has 0 atom stereocenters. The molecule has 0 aliphatic carbocycles. The van der Waals surface area contributed by atoms with Crippen molar-refractivity contribution < 1.29 is 9.90 Å². The van der Waals surface area contributed by atoms with E-state index in [-0.39, 0.29) is 12.5 Å². The first kappa shape index (κ1) is 13.2. The minimum absolute atomic E-state index is 0.0320. The highest BCUT2D eigenvalue weighted by atomic mass is 16.3. The number of amides is 1. The maximum absolute atomic E-state index is 11.5. The van der Waals surface area contributed by atoms with Gasteiger partial charge in [-0.1, -0.05) is 12.1 Å². The Morgan fingerprint density at radius 2 is 2.11 bits per heavy atom. The number of rotatable bonds is 6. The molecule has 0 aliphatic rings. The summed E-state index contributed by atoms with van der Waals surface area (Å²) in [5.41, 5.74) is 1.84. The Hall–Kier alpha value is -2.21. The lowest BCUT2D eigenvalue weighted by atomic mass is 10.2. The summed E-state index contributed by atoms with van der Waals surface area (Å²) in [6.07, 6.45) is 3.97. The predicted octanol–water partition coefficient (Wildman–Crippen LogP) is 1.04. The zero-order valence-electron chi connectivity index (χ0n) is 10.5. The lowest BCUT2D eigenvalue weighted by Gasteiger charge is -2.06. The number of benzene rings is 1. The minimum atomic E-state index is -0.0851. The van der Waals surface area contributed by atoms with Crippen LogP contribution in [0.25, 0.3) is 0 Å². The number of aliphatic hydroxyl groups excluding tert-OH is 1. The summed E-state index contributed by atoms with van der Waals surface area (Å²) in [5, 5.41) is 15.5. The van der Waals surface area contributed by atoms with Gasteiger partial charge in [0.1, 0.15) is 12.7 Å². The summed E-state index contributed by atoms with van der Waals surface area (Å²) >= 11 is 0. The molecule has 1 amide bonds. The molecule has 1 aromatic heterocycles. The normalized spacial score (nSPS) is 10.4. The van der Waals surface area contributed by atoms with Gasteiger partial charge >= 0.3 is 0 Å². The van der Waals surface area contributed by atoms with E-state index in [4.69, 9.17) is 5.11 Å². The molecule has 0 aliphatic heterocycles. The van der Waals surface area contributed by atoms with Gasteiger partial charge in [-0.05, 0) is 24.1 Å². The topological polar surface area (TPSA) is 80.0 Å². The predicted molar refractivity (Wildman–Crippen MR) is 70.5 cm³/mol. The third-order valence-corrected chi connectivity index (χ3v) is 2.61. The van der Waals surface area contributed by atoms with Gasteiger partial charge in [0, 0.05) is 18.7 Å². The molecule has 0 unspecified atom stereocenters. The van der Waals surface area contributed by atoms with Crippen LogP contribution in [-0.2, 0) is 11.3 Å². The average molecular weight is 260 g/mol. The average Bonchev–Trinajstić information content (AvgIpc) is 2.91. The van der Waals surface area contributed by atoms with Gasteiger partial charge in [0.2, 0.25) is 5.91 Å². The summed E-state index contributed by atoms with van der Waals surface area (Å²) in [6.45, 7) is 0.684. The molecule has 2 N–H and O–H groups in total. The summed E-state index contributed by atoms with van der Waals surface area (Å²) < 4.78 is 1.73. The van der Waals surface area contributed by atoms with Crippen molar-refractivity contribution in [2.45, 2.75) is 19.4 Å². The van der Waals surface area contributed by atoms with Gasteiger partial charge in [0.15, 0.2) is 0 Å². The number of aromatic nitrogens is 3. The van der Waals surface area contributed by atoms with E-state index in [0.717, 1.165) is 11.3 Å². The first-order valence-electron chi connectivity index (χ1n) is 6.10. The second-order valence-electron chi connectivity index (χ2n) is 4.17.